The Labute approximate surface area is 360 Å². The van der Waals surface area contributed by atoms with Gasteiger partial charge in [-0.15, -0.1) is 0 Å². The number of carbonyl (C=O) groups excluding carboxylic acids is 1. The minimum absolute atomic E-state index is 0.0298. The summed E-state index contributed by atoms with van der Waals surface area (Å²) in [6.45, 7) is 8.53. The fourth-order valence-electron chi connectivity index (χ4n) is 8.11. The highest BCUT2D eigenvalue weighted by atomic mass is 31.2. The van der Waals surface area contributed by atoms with E-state index in [1.54, 1.807) is 26.5 Å². The van der Waals surface area contributed by atoms with Gasteiger partial charge in [0.1, 0.15) is 35.2 Å². The van der Waals surface area contributed by atoms with Crippen LogP contribution in [0.25, 0.3) is 0 Å². The van der Waals surface area contributed by atoms with E-state index in [2.05, 4.69) is 54.1 Å². The van der Waals surface area contributed by atoms with E-state index >= 15 is 0 Å². The fraction of sp³-hybridized carbons (Fsp3) is 0.478. The number of urea groups is 1. The number of ether oxygens (including phenoxy) is 4. The van der Waals surface area contributed by atoms with E-state index in [1.807, 2.05) is 78.9 Å². The topological polar surface area (TPSA) is 158 Å². The van der Waals surface area contributed by atoms with Crippen molar-refractivity contribution in [3.63, 3.8) is 0 Å². The van der Waals surface area contributed by atoms with Crippen molar-refractivity contribution >= 4 is 20.4 Å². The van der Waals surface area contributed by atoms with Gasteiger partial charge in [0.25, 0.3) is 8.53 Å². The van der Waals surface area contributed by atoms with E-state index in [0.29, 0.717) is 11.5 Å². The van der Waals surface area contributed by atoms with Gasteiger partial charge in [-0.25, -0.2) is 14.3 Å². The number of hydrogen-bond acceptors (Lipinski definition) is 11. The second kappa shape index (κ2) is 21.8. The fourth-order valence-corrected chi connectivity index (χ4v) is 9.87. The van der Waals surface area contributed by atoms with Crippen LogP contribution < -0.4 is 25.8 Å². The van der Waals surface area contributed by atoms with Gasteiger partial charge in [0, 0.05) is 30.7 Å². The molecule has 3 aromatic carbocycles. The number of carbonyl (C=O) groups is 1. The van der Waals surface area contributed by atoms with Crippen molar-refractivity contribution in [3.8, 4) is 17.6 Å². The summed E-state index contributed by atoms with van der Waals surface area (Å²) in [7, 11) is 1.57. The zero-order valence-corrected chi connectivity index (χ0v) is 36.9. The zero-order valence-electron chi connectivity index (χ0n) is 36.0. The Hall–Kier alpha value is -4.87. The van der Waals surface area contributed by atoms with Crippen LogP contribution in [0.4, 0.5) is 10.6 Å². The Morgan fingerprint density at radius 2 is 1.52 bits per heavy atom. The van der Waals surface area contributed by atoms with E-state index in [-0.39, 0.29) is 56.0 Å². The molecule has 4 aromatic rings. The smallest absolute Gasteiger partial charge is 0.351 e. The van der Waals surface area contributed by atoms with Gasteiger partial charge in [-0.3, -0.25) is 9.88 Å². The van der Waals surface area contributed by atoms with E-state index in [1.165, 1.54) is 11.0 Å². The van der Waals surface area contributed by atoms with Gasteiger partial charge >= 0.3 is 11.7 Å². The summed E-state index contributed by atoms with van der Waals surface area (Å²) in [5, 5.41) is 15.1. The molecule has 14 nitrogen and oxygen atoms in total. The minimum atomic E-state index is -1.69. The second-order valence-corrected chi connectivity index (χ2v) is 17.2. The summed E-state index contributed by atoms with van der Waals surface area (Å²) in [5.74, 6) is 1.54. The van der Waals surface area contributed by atoms with Gasteiger partial charge in [-0.05, 0) is 87.6 Å². The summed E-state index contributed by atoms with van der Waals surface area (Å²) in [6, 6.07) is 29.1. The first-order chi connectivity index (χ1) is 29.6. The van der Waals surface area contributed by atoms with Crippen LogP contribution in [0.3, 0.4) is 0 Å². The monoisotopic (exact) mass is 854 g/mol. The number of hydrogen-bond donors (Lipinski definition) is 2. The number of amides is 2. The Morgan fingerprint density at radius 3 is 2.08 bits per heavy atom. The number of nitrogens with one attached hydrogen (secondary N) is 2. The van der Waals surface area contributed by atoms with Gasteiger partial charge in [0.15, 0.2) is 0 Å². The van der Waals surface area contributed by atoms with Crippen molar-refractivity contribution in [2.75, 3.05) is 32.8 Å². The highest BCUT2D eigenvalue weighted by Crippen LogP contribution is 2.50. The first-order valence-corrected chi connectivity index (χ1v) is 22.2. The number of nitrogens with zero attached hydrogens (tertiary/aromatic N) is 4. The molecule has 6 rings (SSSR count). The molecule has 1 aliphatic heterocycles. The van der Waals surface area contributed by atoms with Crippen LogP contribution in [0.5, 0.6) is 11.5 Å². The maximum atomic E-state index is 13.7. The van der Waals surface area contributed by atoms with Crippen LogP contribution in [0.15, 0.2) is 95.9 Å². The molecule has 2 aliphatic rings. The Morgan fingerprint density at radius 1 is 0.918 bits per heavy atom. The number of aromatic nitrogens is 2. The summed E-state index contributed by atoms with van der Waals surface area (Å²) in [5.41, 5.74) is 0.836. The molecule has 2 fully saturated rings. The molecule has 0 bridgehead atoms. The minimum Gasteiger partial charge on any atom is -0.497 e. The molecule has 1 unspecified atom stereocenters. The largest absolute Gasteiger partial charge is 0.497 e. The van der Waals surface area contributed by atoms with Crippen molar-refractivity contribution < 1.29 is 32.8 Å². The van der Waals surface area contributed by atoms with E-state index in [0.717, 1.165) is 42.4 Å². The van der Waals surface area contributed by atoms with Crippen molar-refractivity contribution in [1.29, 1.82) is 5.26 Å². The summed E-state index contributed by atoms with van der Waals surface area (Å²) >= 11 is 0. The third kappa shape index (κ3) is 11.3. The van der Waals surface area contributed by atoms with Crippen LogP contribution in [-0.4, -0.2) is 78.0 Å². The molecule has 2 amide bonds. The quantitative estimate of drug-likeness (QED) is 0.0528. The number of benzene rings is 3. The SMILES string of the molecule is COc1ccc(C(OC[C@H]2O[C@@H](n3ccc(NC(=O)NC4CCCCC4)nc3=O)C[C@@H]2OP(OCCC#N)N(C(C)C)C(C)C)(c2ccccc2)c2ccc(OC)cc2)cc1. The van der Waals surface area contributed by atoms with E-state index < -0.39 is 38.3 Å². The highest BCUT2D eigenvalue weighted by Gasteiger charge is 2.45. The van der Waals surface area contributed by atoms with Crippen LogP contribution in [-0.2, 0) is 24.1 Å². The van der Waals surface area contributed by atoms with Gasteiger partial charge in [0.2, 0.25) is 0 Å². The predicted molar refractivity (Wildman–Crippen MR) is 234 cm³/mol. The molecule has 61 heavy (non-hydrogen) atoms. The molecule has 0 spiro atoms. The number of methoxy groups -OCH3 is 2. The zero-order chi connectivity index (χ0) is 43.4. The molecule has 15 heteroatoms. The van der Waals surface area contributed by atoms with E-state index in [9.17, 15) is 14.9 Å². The molecule has 4 atom stereocenters. The number of anilines is 1. The summed E-state index contributed by atoms with van der Waals surface area (Å²) in [4.78, 5) is 30.8. The number of rotatable bonds is 19. The molecule has 1 saturated heterocycles. The highest BCUT2D eigenvalue weighted by molar-refractivity contribution is 7.44. The maximum Gasteiger partial charge on any atom is 0.351 e. The second-order valence-electron chi connectivity index (χ2n) is 15.8. The summed E-state index contributed by atoms with van der Waals surface area (Å²) in [6.07, 6.45) is 5.11. The lowest BCUT2D eigenvalue weighted by Gasteiger charge is -2.39. The van der Waals surface area contributed by atoms with Crippen LogP contribution in [0, 0.1) is 11.3 Å². The lowest BCUT2D eigenvalue weighted by atomic mass is 9.80. The van der Waals surface area contributed by atoms with E-state index in [4.69, 9.17) is 28.0 Å². The lowest BCUT2D eigenvalue weighted by Crippen LogP contribution is -2.40. The van der Waals surface area contributed by atoms with Gasteiger partial charge < -0.3 is 33.3 Å². The Balaban J connectivity index is 1.36. The third-order valence-electron chi connectivity index (χ3n) is 11.0. The van der Waals surface area contributed by atoms with Crippen molar-refractivity contribution in [3.05, 3.63) is 118 Å². The molecule has 326 valence electrons. The number of nitriles is 1. The molecule has 2 heterocycles. The Bertz CT molecular complexity index is 2030. The van der Waals surface area contributed by atoms with Crippen molar-refractivity contribution in [2.24, 2.45) is 0 Å². The lowest BCUT2D eigenvalue weighted by molar-refractivity contribution is -0.0925. The first-order valence-electron chi connectivity index (χ1n) is 21.1. The predicted octanol–water partition coefficient (Wildman–Crippen LogP) is 8.67. The average Bonchev–Trinajstić information content (AvgIpc) is 3.66. The maximum absolute atomic E-state index is 13.7. The third-order valence-corrected chi connectivity index (χ3v) is 13.2. The van der Waals surface area contributed by atoms with Crippen molar-refractivity contribution in [1.82, 2.24) is 19.5 Å². The average molecular weight is 855 g/mol. The van der Waals surface area contributed by atoms with Crippen molar-refractivity contribution in [2.45, 2.75) is 115 Å². The van der Waals surface area contributed by atoms with Gasteiger partial charge in [-0.1, -0.05) is 73.9 Å². The van der Waals surface area contributed by atoms with Crippen LogP contribution in [0.1, 0.15) is 95.6 Å². The molecular weight excluding hydrogens is 796 g/mol. The first kappa shape index (κ1) is 45.7. The van der Waals surface area contributed by atoms with Gasteiger partial charge in [0.05, 0.1) is 46.0 Å². The summed E-state index contributed by atoms with van der Waals surface area (Å²) < 4.78 is 42.0. The molecule has 2 N–H and O–H groups in total. The molecule has 1 saturated carbocycles. The molecule has 0 radical (unpaired) electrons. The molecule has 1 aliphatic carbocycles. The Kier molecular flexibility index (Phi) is 16.3. The molecular formula is C46H59N6O8P. The molecule has 1 aromatic heterocycles. The normalized spacial score (nSPS) is 18.9. The van der Waals surface area contributed by atoms with Gasteiger partial charge in [-0.2, -0.15) is 10.2 Å². The van der Waals surface area contributed by atoms with Crippen LogP contribution >= 0.6 is 8.53 Å². The standard InChI is InChI=1S/C46H59N6O8P/c1-32(2)52(33(3)4)61(58-29-13-27-47)60-40-30-43(51-28-26-42(50-45(51)54)49-44(53)48-37-16-11-8-12-17-37)59-41(40)31-57-46(34-14-9-7-10-15-34,35-18-22-38(55-5)23-19-35)36-20-24-39(56-6)25-21-36/h7,9-10,14-15,18-26,28,32-33,37,40-41,43H,8,11-13,16-17,29-31H2,1-6H3,(H2,48,49,50,53,54)/t40-,41+,43+,61?/m0/s1. The van der Waals surface area contributed by atoms with Crippen LogP contribution in [0.2, 0.25) is 0 Å².